The molecule has 5 aromatic rings. The first-order valence-electron chi connectivity index (χ1n) is 8.95. The molecule has 0 radical (unpaired) electrons. The van der Waals surface area contributed by atoms with E-state index in [2.05, 4.69) is 11.1 Å². The molecule has 6 rings (SSSR count). The molecule has 0 atom stereocenters. The number of oxazole rings is 1. The summed E-state index contributed by atoms with van der Waals surface area (Å²) in [6.45, 7) is 0. The summed E-state index contributed by atoms with van der Waals surface area (Å²) < 4.78 is 5.80. The number of carbonyl (C=O) groups excluding carboxylic acids is 2. The van der Waals surface area contributed by atoms with Gasteiger partial charge < -0.3 is 4.42 Å². The molecule has 1 aliphatic carbocycles. The molecule has 0 saturated carbocycles. The van der Waals surface area contributed by atoms with Crippen LogP contribution in [0.1, 0.15) is 26.6 Å². The molecule has 0 bridgehead atoms. The van der Waals surface area contributed by atoms with Crippen LogP contribution in [0.2, 0.25) is 0 Å². The molecule has 0 aliphatic heterocycles. The van der Waals surface area contributed by atoms with Crippen molar-refractivity contribution in [1.29, 1.82) is 0 Å². The Kier molecular flexibility index (Phi) is 3.47. The Morgan fingerprint density at radius 3 is 2.21 bits per heavy atom. The highest BCUT2D eigenvalue weighted by Gasteiger charge is 2.34. The van der Waals surface area contributed by atoms with Gasteiger partial charge in [-0.05, 0) is 34.4 Å². The number of aromatic nitrogens is 1. The molecular formula is C23H11NO3S2. The third kappa shape index (κ3) is 2.53. The van der Waals surface area contributed by atoms with Crippen LogP contribution in [0, 0.1) is 0 Å². The molecule has 0 spiro atoms. The molecule has 6 heteroatoms. The third-order valence-corrected chi connectivity index (χ3v) is 7.08. The number of allylic oxidation sites excluding steroid dienone is 1. The molecule has 0 saturated heterocycles. The highest BCUT2D eigenvalue weighted by molar-refractivity contribution is 7.25. The topological polar surface area (TPSA) is 60.2 Å². The number of carbonyl (C=O) groups is 2. The minimum Gasteiger partial charge on any atom is -0.436 e. The van der Waals surface area contributed by atoms with Gasteiger partial charge in [-0.3, -0.25) is 9.59 Å². The van der Waals surface area contributed by atoms with Crippen LogP contribution in [-0.4, -0.2) is 16.6 Å². The van der Waals surface area contributed by atoms with Gasteiger partial charge in [-0.25, -0.2) is 0 Å². The summed E-state index contributed by atoms with van der Waals surface area (Å²) >= 11 is 3.19. The largest absolute Gasteiger partial charge is 0.436 e. The van der Waals surface area contributed by atoms with E-state index >= 15 is 0 Å². The van der Waals surface area contributed by atoms with Crippen molar-refractivity contribution in [1.82, 2.24) is 4.98 Å². The predicted octanol–water partition coefficient (Wildman–Crippen LogP) is 6.23. The van der Waals surface area contributed by atoms with E-state index < -0.39 is 0 Å². The SMILES string of the molecule is O=C1C(=Cc2nc3sc(-c4cccs4)cc3o2)C(=O)c2cc3ccccc3cc21. The maximum Gasteiger partial charge on any atom is 0.221 e. The highest BCUT2D eigenvalue weighted by Crippen LogP contribution is 2.37. The summed E-state index contributed by atoms with van der Waals surface area (Å²) in [5.41, 5.74) is 1.63. The second-order valence-electron chi connectivity index (χ2n) is 6.77. The third-order valence-electron chi connectivity index (χ3n) is 5.00. The van der Waals surface area contributed by atoms with Crippen LogP contribution in [0.4, 0.5) is 0 Å². The van der Waals surface area contributed by atoms with Gasteiger partial charge in [0.2, 0.25) is 5.89 Å². The standard InChI is InChI=1S/C23H11NO3S2/c25-21-14-8-12-4-1-2-5-13(12)9-15(14)22(26)16(21)10-20-24-23-17(27-20)11-19(29-23)18-6-3-7-28-18/h1-11H. The number of thiophene rings is 2. The van der Waals surface area contributed by atoms with Gasteiger partial charge >= 0.3 is 0 Å². The van der Waals surface area contributed by atoms with Crippen molar-refractivity contribution in [3.63, 3.8) is 0 Å². The molecule has 0 amide bonds. The van der Waals surface area contributed by atoms with Crippen molar-refractivity contribution in [3.05, 3.63) is 82.6 Å². The number of benzene rings is 2. The summed E-state index contributed by atoms with van der Waals surface area (Å²) in [6.07, 6.45) is 1.47. The molecule has 1 aliphatic rings. The quantitative estimate of drug-likeness (QED) is 0.254. The van der Waals surface area contributed by atoms with E-state index in [-0.39, 0.29) is 23.0 Å². The number of ketones is 2. The van der Waals surface area contributed by atoms with Crippen molar-refractivity contribution in [2.75, 3.05) is 0 Å². The first-order valence-corrected chi connectivity index (χ1v) is 10.7. The maximum absolute atomic E-state index is 12.9. The van der Waals surface area contributed by atoms with Gasteiger partial charge in [0.05, 0.1) is 10.5 Å². The zero-order valence-electron chi connectivity index (χ0n) is 14.8. The smallest absolute Gasteiger partial charge is 0.221 e. The van der Waals surface area contributed by atoms with E-state index in [9.17, 15) is 9.59 Å². The van der Waals surface area contributed by atoms with Crippen molar-refractivity contribution in [2.45, 2.75) is 0 Å². The lowest BCUT2D eigenvalue weighted by Crippen LogP contribution is -2.00. The number of nitrogens with zero attached hydrogens (tertiary/aromatic N) is 1. The highest BCUT2D eigenvalue weighted by atomic mass is 32.1. The monoisotopic (exact) mass is 413 g/mol. The van der Waals surface area contributed by atoms with Gasteiger partial charge in [0.1, 0.15) is 0 Å². The summed E-state index contributed by atoms with van der Waals surface area (Å²) in [7, 11) is 0. The molecule has 3 heterocycles. The summed E-state index contributed by atoms with van der Waals surface area (Å²) in [5.74, 6) is -0.286. The number of fused-ring (bicyclic) bond motifs is 3. The number of Topliss-reactive ketones (excluding diaryl/α,β-unsaturated/α-hetero) is 2. The minimum atomic E-state index is -0.281. The Morgan fingerprint density at radius 2 is 1.59 bits per heavy atom. The van der Waals surface area contributed by atoms with Gasteiger partial charge in [-0.1, -0.05) is 30.3 Å². The molecule has 29 heavy (non-hydrogen) atoms. The molecule has 4 nitrogen and oxygen atoms in total. The van der Waals surface area contributed by atoms with Crippen molar-refractivity contribution >= 4 is 61.5 Å². The average molecular weight is 413 g/mol. The van der Waals surface area contributed by atoms with Crippen molar-refractivity contribution in [2.24, 2.45) is 0 Å². The van der Waals surface area contributed by atoms with Crippen LogP contribution in [0.15, 0.2) is 70.0 Å². The Balaban J connectivity index is 1.41. The summed E-state index contributed by atoms with van der Waals surface area (Å²) in [4.78, 5) is 33.2. The normalized spacial score (nSPS) is 13.6. The van der Waals surface area contributed by atoms with E-state index in [1.807, 2.05) is 41.8 Å². The second kappa shape index (κ2) is 6.07. The van der Waals surface area contributed by atoms with Crippen LogP contribution in [0.25, 0.3) is 37.0 Å². The Labute approximate surface area is 172 Å². The minimum absolute atomic E-state index is 0.0997. The second-order valence-corrected chi connectivity index (χ2v) is 8.75. The fourth-order valence-electron chi connectivity index (χ4n) is 3.62. The zero-order chi connectivity index (χ0) is 19.5. The van der Waals surface area contributed by atoms with Gasteiger partial charge in [0, 0.05) is 28.1 Å². The van der Waals surface area contributed by atoms with Crippen LogP contribution < -0.4 is 0 Å². The van der Waals surface area contributed by atoms with Crippen molar-refractivity contribution in [3.8, 4) is 9.75 Å². The Bertz CT molecular complexity index is 1400. The molecule has 3 aromatic heterocycles. The Morgan fingerprint density at radius 1 is 0.862 bits per heavy atom. The first-order chi connectivity index (χ1) is 14.2. The summed E-state index contributed by atoms with van der Waals surface area (Å²) in [6, 6.07) is 17.3. The van der Waals surface area contributed by atoms with Crippen LogP contribution in [0.5, 0.6) is 0 Å². The van der Waals surface area contributed by atoms with Crippen LogP contribution in [0.3, 0.4) is 0 Å². The van der Waals surface area contributed by atoms with E-state index in [1.54, 1.807) is 23.5 Å². The maximum atomic E-state index is 12.9. The van der Waals surface area contributed by atoms with Crippen molar-refractivity contribution < 1.29 is 14.0 Å². The molecule has 0 unspecified atom stereocenters. The van der Waals surface area contributed by atoms with E-state index in [4.69, 9.17) is 4.42 Å². The fourth-order valence-corrected chi connectivity index (χ4v) is 5.40. The summed E-state index contributed by atoms with van der Waals surface area (Å²) in [5, 5.41) is 3.90. The molecule has 2 aromatic carbocycles. The van der Waals surface area contributed by atoms with Gasteiger partial charge in [-0.15, -0.1) is 22.7 Å². The van der Waals surface area contributed by atoms with Crippen LogP contribution in [-0.2, 0) is 0 Å². The average Bonchev–Trinajstić information content (AvgIpc) is 3.48. The van der Waals surface area contributed by atoms with Gasteiger partial charge in [0.15, 0.2) is 22.0 Å². The van der Waals surface area contributed by atoms with Gasteiger partial charge in [-0.2, -0.15) is 4.98 Å². The Hall–Kier alpha value is -3.35. The fraction of sp³-hybridized carbons (Fsp3) is 0. The van der Waals surface area contributed by atoms with E-state index in [0.717, 1.165) is 25.4 Å². The molecule has 138 valence electrons. The van der Waals surface area contributed by atoms with E-state index in [0.29, 0.717) is 16.7 Å². The molecule has 0 fully saturated rings. The lowest BCUT2D eigenvalue weighted by atomic mass is 10.0. The van der Waals surface area contributed by atoms with E-state index in [1.165, 1.54) is 17.4 Å². The number of hydrogen-bond donors (Lipinski definition) is 0. The van der Waals surface area contributed by atoms with Crippen LogP contribution >= 0.6 is 22.7 Å². The number of rotatable bonds is 2. The predicted molar refractivity (Wildman–Crippen MR) is 116 cm³/mol. The number of hydrogen-bond acceptors (Lipinski definition) is 6. The first kappa shape index (κ1) is 16.6. The van der Waals surface area contributed by atoms with Gasteiger partial charge in [0.25, 0.3) is 0 Å². The zero-order valence-corrected chi connectivity index (χ0v) is 16.5. The molecule has 0 N–H and O–H groups in total. The molecular weight excluding hydrogens is 402 g/mol. The lowest BCUT2D eigenvalue weighted by Gasteiger charge is -2.00. The lowest BCUT2D eigenvalue weighted by molar-refractivity contribution is 0.0990.